The second-order valence-electron chi connectivity index (χ2n) is 9.91. The minimum absolute atomic E-state index is 0.179. The van der Waals surface area contributed by atoms with E-state index in [1.165, 1.54) is 36.0 Å². The van der Waals surface area contributed by atoms with Crippen LogP contribution in [0.3, 0.4) is 0 Å². The highest BCUT2D eigenvalue weighted by Gasteiger charge is 2.36. The van der Waals surface area contributed by atoms with Crippen molar-refractivity contribution in [2.24, 2.45) is 11.8 Å². The average molecular weight is 445 g/mol. The molecule has 2 saturated heterocycles. The number of hydrogen-bond donors (Lipinski definition) is 3. The fourth-order valence-electron chi connectivity index (χ4n) is 5.83. The second kappa shape index (κ2) is 10.5. The summed E-state index contributed by atoms with van der Waals surface area (Å²) < 4.78 is 0. The smallest absolute Gasteiger partial charge is 0.220 e. The van der Waals surface area contributed by atoms with Gasteiger partial charge in [-0.15, -0.1) is 0 Å². The zero-order valence-electron chi connectivity index (χ0n) is 19.4. The summed E-state index contributed by atoms with van der Waals surface area (Å²) in [4.78, 5) is 18.3. The number of benzene rings is 2. The molecule has 2 aliphatic heterocycles. The Morgan fingerprint density at radius 3 is 2.82 bits per heavy atom. The number of carbonyl (C=O) groups is 1. The maximum atomic E-state index is 12.4. The maximum absolute atomic E-state index is 12.4. The third-order valence-corrected chi connectivity index (χ3v) is 7.44. The van der Waals surface area contributed by atoms with Crippen LogP contribution >= 0.6 is 0 Å². The van der Waals surface area contributed by atoms with Crippen LogP contribution in [0, 0.1) is 11.8 Å². The number of amides is 1. The summed E-state index contributed by atoms with van der Waals surface area (Å²) in [7, 11) is 0. The fourth-order valence-corrected chi connectivity index (χ4v) is 5.83. The van der Waals surface area contributed by atoms with E-state index in [4.69, 9.17) is 0 Å². The lowest BCUT2D eigenvalue weighted by molar-refractivity contribution is -0.121. The van der Waals surface area contributed by atoms with Crippen molar-refractivity contribution in [2.45, 2.75) is 44.7 Å². The minimum atomic E-state index is 0.179. The number of nitrogens with zero attached hydrogens (tertiary/aromatic N) is 1. The van der Waals surface area contributed by atoms with E-state index >= 15 is 0 Å². The number of fused-ring (bicyclic) bond motifs is 3. The van der Waals surface area contributed by atoms with Crippen LogP contribution in [-0.4, -0.2) is 48.0 Å². The highest BCUT2D eigenvalue weighted by atomic mass is 16.1. The third kappa shape index (κ3) is 5.66. The predicted molar refractivity (Wildman–Crippen MR) is 134 cm³/mol. The zero-order valence-corrected chi connectivity index (χ0v) is 19.4. The lowest BCUT2D eigenvalue weighted by Gasteiger charge is -2.46. The van der Waals surface area contributed by atoms with Gasteiger partial charge in [-0.3, -0.25) is 9.69 Å². The number of likely N-dealkylation sites (tertiary alicyclic amines) is 1. The van der Waals surface area contributed by atoms with Gasteiger partial charge in [0.25, 0.3) is 0 Å². The van der Waals surface area contributed by atoms with Gasteiger partial charge < -0.3 is 15.6 Å². The average Bonchev–Trinajstić information content (AvgIpc) is 3.24. The molecule has 3 N–H and O–H groups in total. The molecule has 1 aromatic heterocycles. The standard InChI is InChI=1S/C28H36N4O/c33-28(29-14-13-23-17-31-27-10-5-4-9-25(23)27)12-6-11-26-24-15-22(16-30-26)19-32(20-24)18-21-7-2-1-3-8-21/h1-5,7-10,17,22,24,26,30-31H,6,11-16,18-20H2,(H,29,33)/t22-,24-,26+/m0/s1. The van der Waals surface area contributed by atoms with Gasteiger partial charge in [0.15, 0.2) is 0 Å². The van der Waals surface area contributed by atoms with Crippen LogP contribution < -0.4 is 10.6 Å². The van der Waals surface area contributed by atoms with Gasteiger partial charge in [-0.25, -0.2) is 0 Å². The Bertz CT molecular complexity index is 1050. The number of hydrogen-bond acceptors (Lipinski definition) is 3. The normalized spacial score (nSPS) is 23.0. The van der Waals surface area contributed by atoms with Crippen LogP contribution in [0.4, 0.5) is 0 Å². The lowest BCUT2D eigenvalue weighted by atomic mass is 9.79. The van der Waals surface area contributed by atoms with Crippen molar-refractivity contribution in [1.82, 2.24) is 20.5 Å². The number of para-hydroxylation sites is 1. The highest BCUT2D eigenvalue weighted by Crippen LogP contribution is 2.31. The Labute approximate surface area is 196 Å². The van der Waals surface area contributed by atoms with Gasteiger partial charge in [-0.1, -0.05) is 48.5 Å². The first-order chi connectivity index (χ1) is 16.2. The molecular formula is C28H36N4O. The molecule has 0 aliphatic carbocycles. The molecule has 2 fully saturated rings. The van der Waals surface area contributed by atoms with Gasteiger partial charge in [0.2, 0.25) is 5.91 Å². The van der Waals surface area contributed by atoms with E-state index in [0.717, 1.165) is 43.8 Å². The van der Waals surface area contributed by atoms with Crippen LogP contribution in [0.25, 0.3) is 10.9 Å². The van der Waals surface area contributed by atoms with Crippen LogP contribution in [0.5, 0.6) is 0 Å². The number of aromatic nitrogens is 1. The Morgan fingerprint density at radius 2 is 1.91 bits per heavy atom. The van der Waals surface area contributed by atoms with Gasteiger partial charge in [-0.2, -0.15) is 0 Å². The Hall–Kier alpha value is -2.63. The van der Waals surface area contributed by atoms with Crippen molar-refractivity contribution in [3.05, 3.63) is 71.9 Å². The number of carbonyl (C=O) groups excluding carboxylic acids is 1. The largest absolute Gasteiger partial charge is 0.361 e. The highest BCUT2D eigenvalue weighted by molar-refractivity contribution is 5.83. The van der Waals surface area contributed by atoms with E-state index < -0.39 is 0 Å². The topological polar surface area (TPSA) is 60.2 Å². The second-order valence-corrected chi connectivity index (χ2v) is 9.91. The predicted octanol–water partition coefficient (Wildman–Crippen LogP) is 4.11. The van der Waals surface area contributed by atoms with Crippen LogP contribution in [0.15, 0.2) is 60.8 Å². The summed E-state index contributed by atoms with van der Waals surface area (Å²) >= 11 is 0. The number of rotatable bonds is 9. The molecule has 0 saturated carbocycles. The molecule has 5 nitrogen and oxygen atoms in total. The minimum Gasteiger partial charge on any atom is -0.361 e. The summed E-state index contributed by atoms with van der Waals surface area (Å²) in [5.74, 6) is 1.64. The first-order valence-corrected chi connectivity index (χ1v) is 12.6. The van der Waals surface area contributed by atoms with Crippen molar-refractivity contribution in [2.75, 3.05) is 26.2 Å². The molecule has 2 aromatic carbocycles. The fraction of sp³-hybridized carbons (Fsp3) is 0.464. The van der Waals surface area contributed by atoms with Crippen molar-refractivity contribution in [1.29, 1.82) is 0 Å². The molecule has 0 spiro atoms. The maximum Gasteiger partial charge on any atom is 0.220 e. The van der Waals surface area contributed by atoms with Crippen molar-refractivity contribution in [3.63, 3.8) is 0 Å². The molecule has 33 heavy (non-hydrogen) atoms. The summed E-state index contributed by atoms with van der Waals surface area (Å²) in [5.41, 5.74) is 3.83. The molecule has 2 aliphatic rings. The van der Waals surface area contributed by atoms with Crippen molar-refractivity contribution < 1.29 is 4.79 Å². The monoisotopic (exact) mass is 444 g/mol. The molecule has 3 atom stereocenters. The Kier molecular flexibility index (Phi) is 7.08. The molecule has 3 heterocycles. The Morgan fingerprint density at radius 1 is 1.06 bits per heavy atom. The van der Waals surface area contributed by atoms with Gasteiger partial charge in [0, 0.05) is 55.7 Å². The molecule has 3 aromatic rings. The molecular weight excluding hydrogens is 408 g/mol. The van der Waals surface area contributed by atoms with Crippen molar-refractivity contribution in [3.8, 4) is 0 Å². The van der Waals surface area contributed by atoms with Gasteiger partial charge >= 0.3 is 0 Å². The number of nitrogens with one attached hydrogen (secondary N) is 3. The Balaban J connectivity index is 1.03. The first-order valence-electron chi connectivity index (χ1n) is 12.6. The van der Waals surface area contributed by atoms with E-state index in [0.29, 0.717) is 24.9 Å². The molecule has 0 unspecified atom stereocenters. The lowest BCUT2D eigenvalue weighted by Crippen LogP contribution is -2.55. The molecule has 0 radical (unpaired) electrons. The molecule has 5 rings (SSSR count). The number of aromatic amines is 1. The van der Waals surface area contributed by atoms with Crippen LogP contribution in [0.2, 0.25) is 0 Å². The van der Waals surface area contributed by atoms with Crippen LogP contribution in [-0.2, 0) is 17.8 Å². The first kappa shape index (κ1) is 22.2. The molecule has 1 amide bonds. The molecule has 5 heteroatoms. The van der Waals surface area contributed by atoms with E-state index in [-0.39, 0.29) is 5.91 Å². The summed E-state index contributed by atoms with van der Waals surface area (Å²) in [6.07, 6.45) is 6.92. The van der Waals surface area contributed by atoms with Gasteiger partial charge in [-0.05, 0) is 61.3 Å². The zero-order chi connectivity index (χ0) is 22.5. The third-order valence-electron chi connectivity index (χ3n) is 7.44. The molecule has 2 bridgehead atoms. The summed E-state index contributed by atoms with van der Waals surface area (Å²) in [5, 5.41) is 8.17. The quantitative estimate of drug-likeness (QED) is 0.466. The summed E-state index contributed by atoms with van der Waals surface area (Å²) in [6.45, 7) is 5.23. The van der Waals surface area contributed by atoms with E-state index in [1.54, 1.807) is 0 Å². The SMILES string of the molecule is O=C(CCC[C@H]1NC[C@@H]2C[C@H]1CN(Cc1ccccc1)C2)NCCc1c[nH]c2ccccc12. The van der Waals surface area contributed by atoms with Crippen molar-refractivity contribution >= 4 is 16.8 Å². The van der Waals surface area contributed by atoms with Gasteiger partial charge in [0.1, 0.15) is 0 Å². The van der Waals surface area contributed by atoms with Crippen LogP contribution in [0.1, 0.15) is 36.8 Å². The van der Waals surface area contributed by atoms with E-state index in [9.17, 15) is 4.79 Å². The molecule has 174 valence electrons. The van der Waals surface area contributed by atoms with E-state index in [1.807, 2.05) is 6.07 Å². The van der Waals surface area contributed by atoms with E-state index in [2.05, 4.69) is 75.2 Å². The number of H-pyrrole nitrogens is 1. The summed E-state index contributed by atoms with van der Waals surface area (Å²) in [6, 6.07) is 19.7. The van der Waals surface area contributed by atoms with Gasteiger partial charge in [0.05, 0.1) is 0 Å². The number of piperidine rings is 2.